The zero-order valence-electron chi connectivity index (χ0n) is 15.0. The van der Waals surface area contributed by atoms with Crippen LogP contribution >= 0.6 is 11.8 Å². The zero-order chi connectivity index (χ0) is 18.8. The summed E-state index contributed by atoms with van der Waals surface area (Å²) in [4.78, 5) is 22.5. The van der Waals surface area contributed by atoms with Gasteiger partial charge in [-0.3, -0.25) is 4.79 Å². The van der Waals surface area contributed by atoms with E-state index in [9.17, 15) is 9.18 Å². The van der Waals surface area contributed by atoms with Gasteiger partial charge in [0.1, 0.15) is 5.82 Å². The summed E-state index contributed by atoms with van der Waals surface area (Å²) >= 11 is 1.41. The lowest BCUT2D eigenvalue weighted by Crippen LogP contribution is -2.40. The molecule has 0 unspecified atom stereocenters. The number of hydrogen-bond acceptors (Lipinski definition) is 3. The van der Waals surface area contributed by atoms with Gasteiger partial charge in [-0.05, 0) is 61.2 Å². The van der Waals surface area contributed by atoms with Gasteiger partial charge in [0.25, 0.3) is 0 Å². The molecule has 138 valence electrons. The monoisotopic (exact) mass is 381 g/mol. The number of nitrogens with zero attached hydrogens (tertiary/aromatic N) is 2. The van der Waals surface area contributed by atoms with Crippen molar-refractivity contribution in [2.24, 2.45) is 0 Å². The number of aromatic amines is 1. The Kier molecular flexibility index (Phi) is 4.99. The molecule has 0 radical (unpaired) electrons. The minimum Gasteiger partial charge on any atom is -0.333 e. The second-order valence-electron chi connectivity index (χ2n) is 6.59. The van der Waals surface area contributed by atoms with E-state index in [1.54, 1.807) is 18.3 Å². The van der Waals surface area contributed by atoms with E-state index in [0.717, 1.165) is 36.3 Å². The van der Waals surface area contributed by atoms with E-state index < -0.39 is 0 Å². The molecule has 0 bridgehead atoms. The summed E-state index contributed by atoms with van der Waals surface area (Å²) in [6.45, 7) is 2.66. The summed E-state index contributed by atoms with van der Waals surface area (Å²) in [7, 11) is 0. The lowest BCUT2D eigenvalue weighted by Gasteiger charge is -2.31. The summed E-state index contributed by atoms with van der Waals surface area (Å²) < 4.78 is 13.1. The molecular weight excluding hydrogens is 361 g/mol. The van der Waals surface area contributed by atoms with E-state index in [1.165, 1.54) is 29.5 Å². The molecule has 2 heterocycles. The number of carbonyl (C=O) groups is 1. The van der Waals surface area contributed by atoms with E-state index in [2.05, 4.69) is 16.0 Å². The highest BCUT2D eigenvalue weighted by Gasteiger charge is 2.27. The number of para-hydroxylation sites is 1. The number of carbonyl (C=O) groups excluding carboxylic acids is 1. The molecular formula is C21H20FN3OS. The highest BCUT2D eigenvalue weighted by atomic mass is 32.2. The molecule has 0 spiro atoms. The lowest BCUT2D eigenvalue weighted by molar-refractivity contribution is -0.117. The number of aromatic nitrogens is 2. The van der Waals surface area contributed by atoms with Crippen LogP contribution in [-0.2, 0) is 11.2 Å². The number of benzene rings is 2. The fourth-order valence-corrected chi connectivity index (χ4v) is 4.18. The quantitative estimate of drug-likeness (QED) is 0.668. The van der Waals surface area contributed by atoms with Gasteiger partial charge in [-0.2, -0.15) is 0 Å². The van der Waals surface area contributed by atoms with Crippen LogP contribution in [0.4, 0.5) is 10.1 Å². The molecule has 1 aromatic heterocycles. The average Bonchev–Trinajstić information content (AvgIpc) is 3.16. The highest BCUT2D eigenvalue weighted by molar-refractivity contribution is 8.00. The third-order valence-electron chi connectivity index (χ3n) is 4.72. The van der Waals surface area contributed by atoms with Crippen LogP contribution < -0.4 is 4.90 Å². The van der Waals surface area contributed by atoms with Gasteiger partial charge in [0.2, 0.25) is 5.91 Å². The molecule has 4 nitrogen and oxygen atoms in total. The van der Waals surface area contributed by atoms with Crippen LogP contribution in [0.2, 0.25) is 0 Å². The van der Waals surface area contributed by atoms with Gasteiger partial charge in [-0.1, -0.05) is 30.0 Å². The Hall–Kier alpha value is -2.60. The first kappa shape index (κ1) is 17.8. The van der Waals surface area contributed by atoms with Crippen molar-refractivity contribution in [3.05, 3.63) is 66.1 Å². The number of hydrogen-bond donors (Lipinski definition) is 1. The second-order valence-corrected chi connectivity index (χ2v) is 7.92. The molecule has 0 saturated heterocycles. The van der Waals surface area contributed by atoms with Crippen LogP contribution in [0.3, 0.4) is 0 Å². The lowest BCUT2D eigenvalue weighted by atomic mass is 10.0. The molecule has 1 atom stereocenters. The summed E-state index contributed by atoms with van der Waals surface area (Å²) in [6.07, 6.45) is 3.71. The van der Waals surface area contributed by atoms with E-state index in [0.29, 0.717) is 5.16 Å². The average molecular weight is 381 g/mol. The minimum atomic E-state index is -0.270. The molecule has 0 saturated carbocycles. The van der Waals surface area contributed by atoms with Crippen LogP contribution in [0.25, 0.3) is 11.3 Å². The molecule has 3 aromatic rings. The number of imidazole rings is 1. The molecule has 1 amide bonds. The van der Waals surface area contributed by atoms with Crippen LogP contribution in [0, 0.1) is 5.82 Å². The highest BCUT2D eigenvalue weighted by Crippen LogP contribution is 2.31. The Morgan fingerprint density at radius 2 is 2.00 bits per heavy atom. The van der Waals surface area contributed by atoms with E-state index >= 15 is 0 Å². The number of amides is 1. The van der Waals surface area contributed by atoms with E-state index in [-0.39, 0.29) is 17.0 Å². The standard InChI is InChI=1S/C21H20FN3OS/c1-14(20(26)25-12-4-6-16-5-2-3-7-19(16)25)27-21-23-13-18(24-21)15-8-10-17(22)11-9-15/h2-3,5,7-11,13-14H,4,6,12H2,1H3,(H,23,24)/t14-/m1/s1. The third kappa shape index (κ3) is 3.76. The van der Waals surface area contributed by atoms with Crippen molar-refractivity contribution in [2.75, 3.05) is 11.4 Å². The Morgan fingerprint density at radius 3 is 2.81 bits per heavy atom. The van der Waals surface area contributed by atoms with Gasteiger partial charge in [0, 0.05) is 12.2 Å². The first-order chi connectivity index (χ1) is 13.1. The Bertz CT molecular complexity index is 954. The van der Waals surface area contributed by atoms with E-state index in [4.69, 9.17) is 0 Å². The fraction of sp³-hybridized carbons (Fsp3) is 0.238. The maximum absolute atomic E-state index is 13.1. The van der Waals surface area contributed by atoms with Gasteiger partial charge in [0.05, 0.1) is 17.1 Å². The number of halogens is 1. The molecule has 1 N–H and O–H groups in total. The van der Waals surface area contributed by atoms with Gasteiger partial charge in [0.15, 0.2) is 5.16 Å². The topological polar surface area (TPSA) is 49.0 Å². The smallest absolute Gasteiger partial charge is 0.240 e. The summed E-state index contributed by atoms with van der Waals surface area (Å²) in [6, 6.07) is 14.4. The number of aryl methyl sites for hydroxylation is 1. The van der Waals surface area contributed by atoms with Crippen LogP contribution in [-0.4, -0.2) is 27.7 Å². The first-order valence-corrected chi connectivity index (χ1v) is 9.86. The number of rotatable bonds is 4. The van der Waals surface area contributed by atoms with Crippen molar-refractivity contribution in [1.29, 1.82) is 0 Å². The molecule has 4 rings (SSSR count). The molecule has 0 aliphatic carbocycles. The summed E-state index contributed by atoms with van der Waals surface area (Å²) in [5.41, 5.74) is 3.92. The fourth-order valence-electron chi connectivity index (χ4n) is 3.34. The predicted octanol–water partition coefficient (Wildman–Crippen LogP) is 4.68. The Morgan fingerprint density at radius 1 is 1.22 bits per heavy atom. The molecule has 27 heavy (non-hydrogen) atoms. The van der Waals surface area contributed by atoms with E-state index in [1.807, 2.05) is 30.0 Å². The van der Waals surface area contributed by atoms with Crippen molar-refractivity contribution in [1.82, 2.24) is 9.97 Å². The first-order valence-electron chi connectivity index (χ1n) is 8.99. The molecule has 2 aromatic carbocycles. The molecule has 0 fully saturated rings. The van der Waals surface area contributed by atoms with Crippen molar-refractivity contribution in [2.45, 2.75) is 30.2 Å². The molecule has 1 aliphatic rings. The maximum atomic E-state index is 13.1. The summed E-state index contributed by atoms with van der Waals surface area (Å²) in [5, 5.41) is 0.420. The van der Waals surface area contributed by atoms with Crippen LogP contribution in [0.5, 0.6) is 0 Å². The Balaban J connectivity index is 1.47. The normalized spacial score (nSPS) is 14.7. The third-order valence-corrected chi connectivity index (χ3v) is 5.71. The largest absolute Gasteiger partial charge is 0.333 e. The number of H-pyrrole nitrogens is 1. The van der Waals surface area contributed by atoms with Crippen LogP contribution in [0.1, 0.15) is 18.9 Å². The maximum Gasteiger partial charge on any atom is 0.240 e. The second kappa shape index (κ2) is 7.56. The number of nitrogens with one attached hydrogen (secondary N) is 1. The number of anilines is 1. The van der Waals surface area contributed by atoms with Gasteiger partial charge in [-0.15, -0.1) is 0 Å². The van der Waals surface area contributed by atoms with Crippen molar-refractivity contribution in [3.8, 4) is 11.3 Å². The van der Waals surface area contributed by atoms with Gasteiger partial charge < -0.3 is 9.88 Å². The van der Waals surface area contributed by atoms with Crippen LogP contribution in [0.15, 0.2) is 59.9 Å². The number of fused-ring (bicyclic) bond motifs is 1. The molecule has 6 heteroatoms. The van der Waals surface area contributed by atoms with Gasteiger partial charge in [-0.25, -0.2) is 9.37 Å². The molecule has 1 aliphatic heterocycles. The number of thioether (sulfide) groups is 1. The van der Waals surface area contributed by atoms with Gasteiger partial charge >= 0.3 is 0 Å². The van der Waals surface area contributed by atoms with Crippen molar-refractivity contribution < 1.29 is 9.18 Å². The van der Waals surface area contributed by atoms with Crippen molar-refractivity contribution >= 4 is 23.4 Å². The SMILES string of the molecule is C[C@@H](Sc1ncc(-c2ccc(F)cc2)[nH]1)C(=O)N1CCCc2ccccc21. The minimum absolute atomic E-state index is 0.0897. The predicted molar refractivity (Wildman–Crippen MR) is 106 cm³/mol. The zero-order valence-corrected chi connectivity index (χ0v) is 15.8. The van der Waals surface area contributed by atoms with Crippen molar-refractivity contribution in [3.63, 3.8) is 0 Å². The summed E-state index contributed by atoms with van der Waals surface area (Å²) in [5.74, 6) is -0.180. The Labute approximate surface area is 161 Å².